The van der Waals surface area contributed by atoms with Crippen molar-refractivity contribution in [3.63, 3.8) is 0 Å². The second kappa shape index (κ2) is 7.96. The largest absolute Gasteiger partial charge is 0.481 e. The third kappa shape index (κ3) is 5.39. The lowest BCUT2D eigenvalue weighted by Gasteiger charge is -2.27. The number of nitrogens with zero attached hydrogens (tertiary/aromatic N) is 2. The van der Waals surface area contributed by atoms with E-state index in [0.29, 0.717) is 0 Å². The Morgan fingerprint density at radius 2 is 1.91 bits per heavy atom. The van der Waals surface area contributed by atoms with Crippen LogP contribution in [0.3, 0.4) is 0 Å². The smallest absolute Gasteiger partial charge is 0.317 e. The molecule has 1 aromatic carbocycles. The van der Waals surface area contributed by atoms with Crippen molar-refractivity contribution in [1.82, 2.24) is 10.2 Å². The number of aliphatic carboxylic acids is 1. The van der Waals surface area contributed by atoms with E-state index in [1.165, 1.54) is 17.0 Å². The minimum atomic E-state index is -0.980. The van der Waals surface area contributed by atoms with Crippen LogP contribution in [0.4, 0.5) is 10.5 Å². The second-order valence-corrected chi connectivity index (χ2v) is 5.02. The van der Waals surface area contributed by atoms with Crippen LogP contribution < -0.4 is 5.32 Å². The molecule has 0 aliphatic rings. The summed E-state index contributed by atoms with van der Waals surface area (Å²) in [6.45, 7) is 4.01. The van der Waals surface area contributed by atoms with E-state index in [1.807, 2.05) is 13.8 Å². The van der Waals surface area contributed by atoms with Crippen LogP contribution in [-0.2, 0) is 11.3 Å². The van der Waals surface area contributed by atoms with Crippen molar-refractivity contribution in [2.45, 2.75) is 32.9 Å². The highest BCUT2D eigenvalue weighted by Crippen LogP contribution is 2.14. The Morgan fingerprint density at radius 3 is 2.36 bits per heavy atom. The van der Waals surface area contributed by atoms with Gasteiger partial charge < -0.3 is 15.3 Å². The number of nitro benzene ring substituents is 1. The van der Waals surface area contributed by atoms with E-state index in [4.69, 9.17) is 5.11 Å². The number of rotatable bonds is 7. The predicted octanol–water partition coefficient (Wildman–Crippen LogP) is 1.99. The molecule has 0 bridgehead atoms. The van der Waals surface area contributed by atoms with Gasteiger partial charge in [-0.05, 0) is 19.4 Å². The molecule has 2 N–H and O–H groups in total. The monoisotopic (exact) mass is 309 g/mol. The Hall–Kier alpha value is -2.64. The summed E-state index contributed by atoms with van der Waals surface area (Å²) in [5.74, 6) is -0.980. The van der Waals surface area contributed by atoms with Gasteiger partial charge in [-0.25, -0.2) is 4.79 Å². The molecule has 8 heteroatoms. The molecule has 0 aromatic heterocycles. The lowest BCUT2D eigenvalue weighted by atomic mass is 10.2. The van der Waals surface area contributed by atoms with Crippen LogP contribution in [0.5, 0.6) is 0 Å². The molecule has 0 atom stereocenters. The van der Waals surface area contributed by atoms with Gasteiger partial charge in [0.25, 0.3) is 5.69 Å². The SMILES string of the molecule is CC(C)N(Cc1ccc([N+](=O)[O-])cc1)C(=O)NCCC(=O)O. The van der Waals surface area contributed by atoms with Gasteiger partial charge in [0.15, 0.2) is 0 Å². The minimum absolute atomic E-state index is 0.00856. The fourth-order valence-electron chi connectivity index (χ4n) is 1.79. The number of carboxylic acids is 1. The molecule has 0 fully saturated rings. The maximum absolute atomic E-state index is 12.1. The third-order valence-electron chi connectivity index (χ3n) is 3.00. The normalized spacial score (nSPS) is 10.3. The Labute approximate surface area is 127 Å². The van der Waals surface area contributed by atoms with Crippen molar-refractivity contribution in [2.75, 3.05) is 6.54 Å². The van der Waals surface area contributed by atoms with Gasteiger partial charge in [0.2, 0.25) is 0 Å². The average Bonchev–Trinajstić information content (AvgIpc) is 2.44. The van der Waals surface area contributed by atoms with Crippen molar-refractivity contribution in [3.05, 3.63) is 39.9 Å². The first-order valence-corrected chi connectivity index (χ1v) is 6.81. The van der Waals surface area contributed by atoms with Crippen LogP contribution in [0.25, 0.3) is 0 Å². The zero-order valence-electron chi connectivity index (χ0n) is 12.5. The molecule has 2 amide bonds. The zero-order chi connectivity index (χ0) is 16.7. The molecule has 8 nitrogen and oxygen atoms in total. The van der Waals surface area contributed by atoms with E-state index >= 15 is 0 Å². The molecular weight excluding hydrogens is 290 g/mol. The van der Waals surface area contributed by atoms with Gasteiger partial charge in [-0.3, -0.25) is 14.9 Å². The summed E-state index contributed by atoms with van der Waals surface area (Å²) in [5.41, 5.74) is 0.749. The van der Waals surface area contributed by atoms with Crippen LogP contribution in [-0.4, -0.2) is 39.5 Å². The quantitative estimate of drug-likeness (QED) is 0.590. The zero-order valence-corrected chi connectivity index (χ0v) is 12.5. The number of amides is 2. The molecule has 1 rings (SSSR count). The Morgan fingerprint density at radius 1 is 1.32 bits per heavy atom. The second-order valence-electron chi connectivity index (χ2n) is 5.02. The summed E-state index contributed by atoms with van der Waals surface area (Å²) in [6, 6.07) is 5.50. The van der Waals surface area contributed by atoms with Crippen LogP contribution in [0.2, 0.25) is 0 Å². The number of nitrogens with one attached hydrogen (secondary N) is 1. The van der Waals surface area contributed by atoms with Gasteiger partial charge in [-0.15, -0.1) is 0 Å². The predicted molar refractivity (Wildman–Crippen MR) is 79.4 cm³/mol. The van der Waals surface area contributed by atoms with E-state index in [-0.39, 0.29) is 37.3 Å². The van der Waals surface area contributed by atoms with Crippen molar-refractivity contribution in [1.29, 1.82) is 0 Å². The molecule has 0 aliphatic carbocycles. The molecule has 0 radical (unpaired) electrons. The van der Waals surface area contributed by atoms with Gasteiger partial charge in [-0.1, -0.05) is 12.1 Å². The van der Waals surface area contributed by atoms with E-state index < -0.39 is 10.9 Å². The lowest BCUT2D eigenvalue weighted by molar-refractivity contribution is -0.384. The lowest BCUT2D eigenvalue weighted by Crippen LogP contribution is -2.44. The first kappa shape index (κ1) is 17.4. The molecular formula is C14H19N3O5. The van der Waals surface area contributed by atoms with Gasteiger partial charge in [0, 0.05) is 31.3 Å². The summed E-state index contributed by atoms with van der Waals surface area (Å²) in [5, 5.41) is 21.7. The molecule has 0 heterocycles. The van der Waals surface area contributed by atoms with Gasteiger partial charge in [0.05, 0.1) is 11.3 Å². The summed E-state index contributed by atoms with van der Waals surface area (Å²) < 4.78 is 0. The van der Waals surface area contributed by atoms with E-state index in [2.05, 4.69) is 5.32 Å². The molecule has 0 spiro atoms. The average molecular weight is 309 g/mol. The summed E-state index contributed by atoms with van der Waals surface area (Å²) in [4.78, 5) is 34.2. The highest BCUT2D eigenvalue weighted by atomic mass is 16.6. The maximum atomic E-state index is 12.1. The van der Waals surface area contributed by atoms with Crippen LogP contribution in [0.1, 0.15) is 25.8 Å². The molecule has 0 aliphatic heterocycles. The fourth-order valence-corrected chi connectivity index (χ4v) is 1.79. The first-order chi connectivity index (χ1) is 10.3. The molecule has 120 valence electrons. The summed E-state index contributed by atoms with van der Waals surface area (Å²) in [6.07, 6.45) is -0.144. The van der Waals surface area contributed by atoms with Gasteiger partial charge in [0.1, 0.15) is 0 Å². The number of carbonyl (C=O) groups excluding carboxylic acids is 1. The molecule has 0 unspecified atom stereocenters. The van der Waals surface area contributed by atoms with Crippen LogP contribution in [0, 0.1) is 10.1 Å². The maximum Gasteiger partial charge on any atom is 0.317 e. The Kier molecular flexibility index (Phi) is 6.30. The van der Waals surface area contributed by atoms with Crippen LogP contribution >= 0.6 is 0 Å². The highest BCUT2D eigenvalue weighted by Gasteiger charge is 2.17. The minimum Gasteiger partial charge on any atom is -0.481 e. The number of urea groups is 1. The third-order valence-corrected chi connectivity index (χ3v) is 3.00. The topological polar surface area (TPSA) is 113 Å². The highest BCUT2D eigenvalue weighted by molar-refractivity contribution is 5.75. The standard InChI is InChI=1S/C14H19N3O5/c1-10(2)16(14(20)15-8-7-13(18)19)9-11-3-5-12(6-4-11)17(21)22/h3-6,10H,7-9H2,1-2H3,(H,15,20)(H,18,19). The Bertz CT molecular complexity index is 542. The number of benzene rings is 1. The number of carbonyl (C=O) groups is 2. The van der Waals surface area contributed by atoms with Crippen molar-refractivity contribution < 1.29 is 19.6 Å². The molecule has 1 aromatic rings. The van der Waals surface area contributed by atoms with Crippen molar-refractivity contribution in [3.8, 4) is 0 Å². The number of non-ortho nitro benzene ring substituents is 1. The first-order valence-electron chi connectivity index (χ1n) is 6.81. The van der Waals surface area contributed by atoms with E-state index in [9.17, 15) is 19.7 Å². The van der Waals surface area contributed by atoms with Crippen molar-refractivity contribution >= 4 is 17.7 Å². The number of nitro groups is 1. The Balaban J connectivity index is 2.69. The van der Waals surface area contributed by atoms with Gasteiger partial charge in [-0.2, -0.15) is 0 Å². The molecule has 0 saturated heterocycles. The molecule has 0 saturated carbocycles. The number of carboxylic acid groups (broad SMARTS) is 1. The van der Waals surface area contributed by atoms with Crippen molar-refractivity contribution in [2.24, 2.45) is 0 Å². The molecule has 22 heavy (non-hydrogen) atoms. The van der Waals surface area contributed by atoms with Gasteiger partial charge >= 0.3 is 12.0 Å². The van der Waals surface area contributed by atoms with E-state index in [1.54, 1.807) is 12.1 Å². The number of hydrogen-bond acceptors (Lipinski definition) is 4. The summed E-state index contributed by atoms with van der Waals surface area (Å²) >= 11 is 0. The summed E-state index contributed by atoms with van der Waals surface area (Å²) in [7, 11) is 0. The fraction of sp³-hybridized carbons (Fsp3) is 0.429. The van der Waals surface area contributed by atoms with Crippen LogP contribution in [0.15, 0.2) is 24.3 Å². The number of hydrogen-bond donors (Lipinski definition) is 2. The van der Waals surface area contributed by atoms with E-state index in [0.717, 1.165) is 5.56 Å².